The lowest BCUT2D eigenvalue weighted by molar-refractivity contribution is 0.576. The Labute approximate surface area is 103 Å². The summed E-state index contributed by atoms with van der Waals surface area (Å²) in [5.41, 5.74) is 0.415. The molecule has 9 nitrogen and oxygen atoms in total. The highest BCUT2D eigenvalue weighted by molar-refractivity contribution is 7.89. The monoisotopic (exact) mass is 269 g/mol. The third-order valence-corrected chi connectivity index (χ3v) is 3.46. The zero-order chi connectivity index (χ0) is 13.0. The van der Waals surface area contributed by atoms with E-state index in [1.54, 1.807) is 19.2 Å². The molecule has 0 saturated carbocycles. The largest absolute Gasteiger partial charge is 0.386 e. The fourth-order valence-corrected chi connectivity index (χ4v) is 2.40. The van der Waals surface area contributed by atoms with E-state index in [-0.39, 0.29) is 17.4 Å². The van der Waals surface area contributed by atoms with Crippen molar-refractivity contribution in [2.24, 2.45) is 0 Å². The highest BCUT2D eigenvalue weighted by atomic mass is 32.2. The predicted octanol–water partition coefficient (Wildman–Crippen LogP) is -0.885. The third kappa shape index (κ3) is 2.60. The third-order valence-electron chi connectivity index (χ3n) is 2.10. The lowest BCUT2D eigenvalue weighted by Gasteiger charge is -2.08. The summed E-state index contributed by atoms with van der Waals surface area (Å²) in [4.78, 5) is 3.84. The number of H-pyrrole nitrogens is 1. The molecule has 0 bridgehead atoms. The first-order valence-electron chi connectivity index (χ1n) is 4.98. The van der Waals surface area contributed by atoms with Crippen LogP contribution < -0.4 is 10.0 Å². The van der Waals surface area contributed by atoms with Gasteiger partial charge in [-0.2, -0.15) is 5.21 Å². The topological polar surface area (TPSA) is 126 Å². The van der Waals surface area contributed by atoms with Crippen LogP contribution in [0, 0.1) is 0 Å². The maximum absolute atomic E-state index is 12.0. The standard InChI is InChI=1S/C8H11N7O2S/c1-9-6-3-2-4-10-8(6)18(16,17)11-5-7-12-14-15-13-7/h2-4,9,11H,5H2,1H3,(H,12,13,14,15). The molecule has 0 radical (unpaired) electrons. The van der Waals surface area contributed by atoms with E-state index in [0.717, 1.165) is 0 Å². The van der Waals surface area contributed by atoms with Crippen LogP contribution in [-0.2, 0) is 16.6 Å². The van der Waals surface area contributed by atoms with E-state index in [4.69, 9.17) is 0 Å². The molecule has 0 aliphatic carbocycles. The number of tetrazole rings is 1. The van der Waals surface area contributed by atoms with Gasteiger partial charge in [0.25, 0.3) is 10.0 Å². The molecule has 0 amide bonds. The minimum Gasteiger partial charge on any atom is -0.386 e. The number of rotatable bonds is 5. The van der Waals surface area contributed by atoms with Crippen LogP contribution in [0.25, 0.3) is 0 Å². The Morgan fingerprint density at radius 3 is 2.94 bits per heavy atom. The summed E-state index contributed by atoms with van der Waals surface area (Å²) in [5.74, 6) is 0.250. The number of pyridine rings is 1. The van der Waals surface area contributed by atoms with Gasteiger partial charge in [0.15, 0.2) is 10.9 Å². The Morgan fingerprint density at radius 1 is 1.44 bits per heavy atom. The predicted molar refractivity (Wildman–Crippen MR) is 62.0 cm³/mol. The van der Waals surface area contributed by atoms with Crippen LogP contribution in [0.3, 0.4) is 0 Å². The van der Waals surface area contributed by atoms with Crippen molar-refractivity contribution in [1.29, 1.82) is 0 Å². The van der Waals surface area contributed by atoms with Crippen LogP contribution in [0.2, 0.25) is 0 Å². The molecular weight excluding hydrogens is 258 g/mol. The SMILES string of the molecule is CNc1cccnc1S(=O)(=O)NCc1nn[nH]n1. The molecular formula is C8H11N7O2S. The molecule has 10 heteroatoms. The van der Waals surface area contributed by atoms with E-state index < -0.39 is 10.0 Å². The van der Waals surface area contributed by atoms with Crippen molar-refractivity contribution in [2.45, 2.75) is 11.6 Å². The summed E-state index contributed by atoms with van der Waals surface area (Å²) in [7, 11) is -2.10. The van der Waals surface area contributed by atoms with Crippen LogP contribution in [0.5, 0.6) is 0 Å². The van der Waals surface area contributed by atoms with E-state index in [2.05, 4.69) is 35.6 Å². The number of nitrogens with zero attached hydrogens (tertiary/aromatic N) is 4. The molecule has 0 fully saturated rings. The van der Waals surface area contributed by atoms with Crippen molar-refractivity contribution in [3.05, 3.63) is 24.2 Å². The van der Waals surface area contributed by atoms with Crippen LogP contribution >= 0.6 is 0 Å². The summed E-state index contributed by atoms with van der Waals surface area (Å²) in [6, 6.07) is 3.26. The van der Waals surface area contributed by atoms with Gasteiger partial charge in [-0.3, -0.25) is 0 Å². The zero-order valence-electron chi connectivity index (χ0n) is 9.45. The number of hydrogen-bond donors (Lipinski definition) is 3. The van der Waals surface area contributed by atoms with Crippen molar-refractivity contribution in [3.63, 3.8) is 0 Å². The van der Waals surface area contributed by atoms with Gasteiger partial charge in [0.1, 0.15) is 0 Å². The van der Waals surface area contributed by atoms with Gasteiger partial charge in [-0.1, -0.05) is 5.21 Å². The molecule has 0 unspecified atom stereocenters. The molecule has 0 spiro atoms. The number of aromatic nitrogens is 5. The van der Waals surface area contributed by atoms with E-state index in [9.17, 15) is 8.42 Å². The summed E-state index contributed by atoms with van der Waals surface area (Å²) in [6.07, 6.45) is 1.41. The van der Waals surface area contributed by atoms with Gasteiger partial charge in [-0.25, -0.2) is 18.1 Å². The number of nitrogens with one attached hydrogen (secondary N) is 3. The number of anilines is 1. The maximum Gasteiger partial charge on any atom is 0.260 e. The van der Waals surface area contributed by atoms with Crippen molar-refractivity contribution in [2.75, 3.05) is 12.4 Å². The van der Waals surface area contributed by atoms with Gasteiger partial charge >= 0.3 is 0 Å². The van der Waals surface area contributed by atoms with Gasteiger partial charge in [-0.15, -0.1) is 10.2 Å². The van der Waals surface area contributed by atoms with E-state index in [1.807, 2.05) is 0 Å². The van der Waals surface area contributed by atoms with Crippen molar-refractivity contribution < 1.29 is 8.42 Å². The summed E-state index contributed by atoms with van der Waals surface area (Å²) >= 11 is 0. The summed E-state index contributed by atoms with van der Waals surface area (Å²) in [6.45, 7) is -0.0570. The van der Waals surface area contributed by atoms with E-state index >= 15 is 0 Å². The fourth-order valence-electron chi connectivity index (χ4n) is 1.28. The highest BCUT2D eigenvalue weighted by Crippen LogP contribution is 2.16. The lowest BCUT2D eigenvalue weighted by atomic mass is 10.4. The molecule has 0 atom stereocenters. The quantitative estimate of drug-likeness (QED) is 0.643. The van der Waals surface area contributed by atoms with Crippen LogP contribution in [0.15, 0.2) is 23.4 Å². The Morgan fingerprint density at radius 2 is 2.28 bits per heavy atom. The second-order valence-electron chi connectivity index (χ2n) is 3.26. The fraction of sp³-hybridized carbons (Fsp3) is 0.250. The van der Waals surface area contributed by atoms with Crippen molar-refractivity contribution >= 4 is 15.7 Å². The second-order valence-corrected chi connectivity index (χ2v) is 4.94. The molecule has 2 heterocycles. The molecule has 0 aliphatic rings. The van der Waals surface area contributed by atoms with Gasteiger partial charge < -0.3 is 5.32 Å². The first kappa shape index (κ1) is 12.4. The molecule has 2 aromatic heterocycles. The molecule has 0 aliphatic heterocycles. The van der Waals surface area contributed by atoms with Gasteiger partial charge in [0.2, 0.25) is 0 Å². The van der Waals surface area contributed by atoms with Crippen LogP contribution in [0.1, 0.15) is 5.82 Å². The van der Waals surface area contributed by atoms with Crippen LogP contribution in [-0.4, -0.2) is 41.1 Å². The number of aromatic amines is 1. The Balaban J connectivity index is 2.20. The minimum atomic E-state index is -3.72. The lowest BCUT2D eigenvalue weighted by Crippen LogP contribution is -2.25. The molecule has 0 saturated heterocycles. The van der Waals surface area contributed by atoms with Gasteiger partial charge in [0, 0.05) is 13.2 Å². The molecule has 96 valence electrons. The average molecular weight is 269 g/mol. The van der Waals surface area contributed by atoms with Gasteiger partial charge in [-0.05, 0) is 12.1 Å². The average Bonchev–Trinajstić information content (AvgIpc) is 2.89. The van der Waals surface area contributed by atoms with Crippen LogP contribution in [0.4, 0.5) is 5.69 Å². The van der Waals surface area contributed by atoms with Gasteiger partial charge in [0.05, 0.1) is 12.2 Å². The molecule has 3 N–H and O–H groups in total. The Bertz CT molecular complexity index is 610. The summed E-state index contributed by atoms with van der Waals surface area (Å²) < 4.78 is 26.4. The number of hydrogen-bond acceptors (Lipinski definition) is 7. The Kier molecular flexibility index (Phi) is 3.48. The number of sulfonamides is 1. The molecule has 2 rings (SSSR count). The van der Waals surface area contributed by atoms with Crippen molar-refractivity contribution in [3.8, 4) is 0 Å². The minimum absolute atomic E-state index is 0.0570. The zero-order valence-corrected chi connectivity index (χ0v) is 10.3. The van der Waals surface area contributed by atoms with E-state index in [1.165, 1.54) is 6.20 Å². The Hall–Kier alpha value is -2.07. The maximum atomic E-state index is 12.0. The normalized spacial score (nSPS) is 11.4. The first-order valence-corrected chi connectivity index (χ1v) is 6.46. The molecule has 0 aromatic carbocycles. The summed E-state index contributed by atoms with van der Waals surface area (Å²) in [5, 5.41) is 15.5. The smallest absolute Gasteiger partial charge is 0.260 e. The molecule has 2 aromatic rings. The molecule has 18 heavy (non-hydrogen) atoms. The van der Waals surface area contributed by atoms with Crippen molar-refractivity contribution in [1.82, 2.24) is 30.3 Å². The first-order chi connectivity index (χ1) is 8.63. The highest BCUT2D eigenvalue weighted by Gasteiger charge is 2.19. The second kappa shape index (κ2) is 5.06. The van der Waals surface area contributed by atoms with E-state index in [0.29, 0.717) is 5.69 Å².